The van der Waals surface area contributed by atoms with E-state index in [1.807, 2.05) is 24.5 Å². The van der Waals surface area contributed by atoms with Gasteiger partial charge in [-0.25, -0.2) is 4.57 Å². The Balaban J connectivity index is 2.31. The fourth-order valence-electron chi connectivity index (χ4n) is 1.80. The highest BCUT2D eigenvalue weighted by molar-refractivity contribution is 5.12. The van der Waals surface area contributed by atoms with Gasteiger partial charge in [0.05, 0.1) is 6.61 Å². The lowest BCUT2D eigenvalue weighted by molar-refractivity contribution is -0.698. The number of pyridine rings is 1. The highest BCUT2D eigenvalue weighted by atomic mass is 19.4. The predicted octanol–water partition coefficient (Wildman–Crippen LogP) is 4.09. The highest BCUT2D eigenvalue weighted by Crippen LogP contribution is 2.37. The quantitative estimate of drug-likeness (QED) is 0.398. The SMILES string of the molecule is CCC(C)c1cc[n+](CCOCCC(F)(F)C(F)(F)F)cc1. The Bertz CT molecular complexity index is 444. The second kappa shape index (κ2) is 7.85. The Kier molecular flexibility index (Phi) is 6.71. The van der Waals surface area contributed by atoms with Gasteiger partial charge >= 0.3 is 12.1 Å². The van der Waals surface area contributed by atoms with Crippen molar-refractivity contribution in [3.8, 4) is 0 Å². The molecule has 0 bridgehead atoms. The second-order valence-corrected chi connectivity index (χ2v) is 5.24. The Labute approximate surface area is 126 Å². The Morgan fingerprint density at radius 1 is 1.09 bits per heavy atom. The first kappa shape index (κ1) is 18.8. The van der Waals surface area contributed by atoms with Crippen molar-refractivity contribution < 1.29 is 31.3 Å². The van der Waals surface area contributed by atoms with Gasteiger partial charge in [0.15, 0.2) is 18.9 Å². The summed E-state index contributed by atoms with van der Waals surface area (Å²) in [7, 11) is 0. The van der Waals surface area contributed by atoms with Gasteiger partial charge in [-0.3, -0.25) is 0 Å². The molecule has 0 aromatic carbocycles. The van der Waals surface area contributed by atoms with Gasteiger partial charge in [0.2, 0.25) is 0 Å². The molecule has 0 aliphatic heterocycles. The molecule has 1 aromatic rings. The first-order valence-electron chi connectivity index (χ1n) is 7.18. The summed E-state index contributed by atoms with van der Waals surface area (Å²) in [6.45, 7) is 4.07. The van der Waals surface area contributed by atoms with Crippen LogP contribution in [0, 0.1) is 0 Å². The molecule has 1 rings (SSSR count). The van der Waals surface area contributed by atoms with Crippen molar-refractivity contribution >= 4 is 0 Å². The van der Waals surface area contributed by atoms with Gasteiger partial charge in [-0.05, 0) is 17.9 Å². The lowest BCUT2D eigenvalue weighted by Gasteiger charge is -2.18. The minimum atomic E-state index is -5.52. The lowest BCUT2D eigenvalue weighted by atomic mass is 10.0. The van der Waals surface area contributed by atoms with Crippen molar-refractivity contribution in [2.45, 2.75) is 51.3 Å². The summed E-state index contributed by atoms with van der Waals surface area (Å²) in [6, 6.07) is 3.93. The van der Waals surface area contributed by atoms with Crippen LogP contribution in [0.1, 0.15) is 38.2 Å². The molecule has 0 aliphatic carbocycles. The molecular weight excluding hydrogens is 305 g/mol. The zero-order chi connectivity index (χ0) is 16.8. The zero-order valence-corrected chi connectivity index (χ0v) is 12.7. The summed E-state index contributed by atoms with van der Waals surface area (Å²) < 4.78 is 67.7. The van der Waals surface area contributed by atoms with Crippen LogP contribution in [-0.4, -0.2) is 25.3 Å². The van der Waals surface area contributed by atoms with Crippen molar-refractivity contribution in [2.75, 3.05) is 13.2 Å². The van der Waals surface area contributed by atoms with E-state index in [1.165, 1.54) is 5.56 Å². The second-order valence-electron chi connectivity index (χ2n) is 5.24. The summed E-state index contributed by atoms with van der Waals surface area (Å²) in [5, 5.41) is 0. The number of rotatable bonds is 8. The molecule has 7 heteroatoms. The molecule has 0 saturated heterocycles. The fourth-order valence-corrected chi connectivity index (χ4v) is 1.80. The number of hydrogen-bond donors (Lipinski definition) is 0. The first-order chi connectivity index (χ1) is 10.2. The van der Waals surface area contributed by atoms with Gasteiger partial charge in [-0.2, -0.15) is 22.0 Å². The number of hydrogen-bond acceptors (Lipinski definition) is 1. The van der Waals surface area contributed by atoms with Crippen LogP contribution < -0.4 is 4.57 Å². The third-order valence-electron chi connectivity index (χ3n) is 3.57. The molecule has 0 radical (unpaired) electrons. The summed E-state index contributed by atoms with van der Waals surface area (Å²) in [5.74, 6) is -4.24. The standard InChI is InChI=1S/C15H21F5NO/c1-3-12(2)13-4-7-21(8-5-13)9-11-22-10-6-14(16,17)15(18,19)20/h4-5,7-8,12H,3,6,9-11H2,1-2H3/q+1. The van der Waals surface area contributed by atoms with Crippen molar-refractivity contribution in [3.63, 3.8) is 0 Å². The maximum absolute atomic E-state index is 12.6. The normalized spacial score (nSPS) is 14.1. The maximum Gasteiger partial charge on any atom is 0.453 e. The van der Waals surface area contributed by atoms with Crippen LogP contribution in [0.5, 0.6) is 0 Å². The molecule has 126 valence electrons. The monoisotopic (exact) mass is 326 g/mol. The molecule has 0 aliphatic rings. The minimum absolute atomic E-state index is 0.0846. The van der Waals surface area contributed by atoms with Crippen molar-refractivity contribution in [1.29, 1.82) is 0 Å². The van der Waals surface area contributed by atoms with Crippen LogP contribution in [-0.2, 0) is 11.3 Å². The van der Waals surface area contributed by atoms with Crippen molar-refractivity contribution in [1.82, 2.24) is 0 Å². The van der Waals surface area contributed by atoms with E-state index in [9.17, 15) is 22.0 Å². The maximum atomic E-state index is 12.6. The van der Waals surface area contributed by atoms with Crippen LogP contribution in [0.4, 0.5) is 22.0 Å². The van der Waals surface area contributed by atoms with E-state index in [0.717, 1.165) is 6.42 Å². The van der Waals surface area contributed by atoms with Crippen molar-refractivity contribution in [2.24, 2.45) is 0 Å². The fraction of sp³-hybridized carbons (Fsp3) is 0.667. The molecule has 0 N–H and O–H groups in total. The molecule has 1 aromatic heterocycles. The number of halogens is 5. The zero-order valence-electron chi connectivity index (χ0n) is 12.7. The number of ether oxygens (including phenoxy) is 1. The highest BCUT2D eigenvalue weighted by Gasteiger charge is 2.56. The van der Waals surface area contributed by atoms with E-state index in [1.54, 1.807) is 4.57 Å². The van der Waals surface area contributed by atoms with E-state index in [2.05, 4.69) is 13.8 Å². The molecule has 0 amide bonds. The molecule has 0 spiro atoms. The average Bonchev–Trinajstić information content (AvgIpc) is 2.45. The number of alkyl halides is 5. The van der Waals surface area contributed by atoms with Crippen LogP contribution in [0.2, 0.25) is 0 Å². The summed E-state index contributed by atoms with van der Waals surface area (Å²) >= 11 is 0. The van der Waals surface area contributed by atoms with Crippen LogP contribution in [0.15, 0.2) is 24.5 Å². The van der Waals surface area contributed by atoms with Crippen LogP contribution in [0.3, 0.4) is 0 Å². The summed E-state index contributed by atoms with van der Waals surface area (Å²) in [5.41, 5.74) is 1.20. The predicted molar refractivity (Wildman–Crippen MR) is 71.8 cm³/mol. The average molecular weight is 326 g/mol. The Hall–Kier alpha value is -1.24. The van der Waals surface area contributed by atoms with Gasteiger partial charge in [0.1, 0.15) is 6.61 Å². The molecule has 0 fully saturated rings. The first-order valence-corrected chi connectivity index (χ1v) is 7.18. The smallest absolute Gasteiger partial charge is 0.375 e. The molecule has 1 unspecified atom stereocenters. The minimum Gasteiger partial charge on any atom is -0.375 e. The Morgan fingerprint density at radius 3 is 2.18 bits per heavy atom. The lowest BCUT2D eigenvalue weighted by Crippen LogP contribution is -2.38. The molecule has 1 atom stereocenters. The van der Waals surface area contributed by atoms with Gasteiger partial charge in [0.25, 0.3) is 0 Å². The van der Waals surface area contributed by atoms with E-state index < -0.39 is 25.1 Å². The summed E-state index contributed by atoms with van der Waals surface area (Å²) in [4.78, 5) is 0. The largest absolute Gasteiger partial charge is 0.453 e. The summed E-state index contributed by atoms with van der Waals surface area (Å²) in [6.07, 6.45) is -2.16. The van der Waals surface area contributed by atoms with Crippen LogP contribution in [0.25, 0.3) is 0 Å². The number of nitrogens with zero attached hydrogens (tertiary/aromatic N) is 1. The van der Waals surface area contributed by atoms with E-state index in [4.69, 9.17) is 4.74 Å². The third-order valence-corrected chi connectivity index (χ3v) is 3.57. The van der Waals surface area contributed by atoms with E-state index in [0.29, 0.717) is 12.5 Å². The molecule has 1 heterocycles. The topological polar surface area (TPSA) is 13.1 Å². The van der Waals surface area contributed by atoms with Gasteiger partial charge in [-0.1, -0.05) is 13.8 Å². The van der Waals surface area contributed by atoms with Crippen LogP contribution >= 0.6 is 0 Å². The molecule has 2 nitrogen and oxygen atoms in total. The number of aromatic nitrogens is 1. The van der Waals surface area contributed by atoms with Gasteiger partial charge in [0, 0.05) is 18.6 Å². The Morgan fingerprint density at radius 2 is 1.68 bits per heavy atom. The third kappa shape index (κ3) is 5.51. The molecular formula is C15H21F5NO+. The van der Waals surface area contributed by atoms with E-state index >= 15 is 0 Å². The van der Waals surface area contributed by atoms with Crippen molar-refractivity contribution in [3.05, 3.63) is 30.1 Å². The molecule has 22 heavy (non-hydrogen) atoms. The van der Waals surface area contributed by atoms with E-state index in [-0.39, 0.29) is 6.61 Å². The van der Waals surface area contributed by atoms with Gasteiger partial charge in [-0.15, -0.1) is 0 Å². The molecule has 0 saturated carbocycles. The van der Waals surface area contributed by atoms with Gasteiger partial charge < -0.3 is 4.74 Å².